The minimum absolute atomic E-state index is 0.0701. The highest BCUT2D eigenvalue weighted by Crippen LogP contribution is 2.01. The van der Waals surface area contributed by atoms with Crippen LogP contribution in [0.15, 0.2) is 12.5 Å². The van der Waals surface area contributed by atoms with E-state index in [0.717, 1.165) is 25.3 Å². The summed E-state index contributed by atoms with van der Waals surface area (Å²) in [7, 11) is 3.38. The van der Waals surface area contributed by atoms with E-state index in [1.165, 1.54) is 0 Å². The summed E-state index contributed by atoms with van der Waals surface area (Å²) >= 11 is 0. The fraction of sp³-hybridized carbons (Fsp3) is 0.769. The number of ether oxygens (including phenoxy) is 2. The molecule has 0 spiro atoms. The molecule has 0 fully saturated rings. The van der Waals surface area contributed by atoms with E-state index in [2.05, 4.69) is 30.3 Å². The fourth-order valence-corrected chi connectivity index (χ4v) is 1.70. The molecule has 0 saturated carbocycles. The molecule has 1 heterocycles. The van der Waals surface area contributed by atoms with Gasteiger partial charge in [0, 0.05) is 27.0 Å². The molecule has 5 heteroatoms. The predicted molar refractivity (Wildman–Crippen MR) is 71.4 cm³/mol. The van der Waals surface area contributed by atoms with Crippen molar-refractivity contribution in [1.82, 2.24) is 14.9 Å². The maximum absolute atomic E-state index is 5.33. The Morgan fingerprint density at radius 1 is 1.39 bits per heavy atom. The third-order valence-corrected chi connectivity index (χ3v) is 2.65. The molecular formula is C13H25N3O2. The molecule has 5 nitrogen and oxygen atoms in total. The Hall–Kier alpha value is -0.910. The van der Waals surface area contributed by atoms with Gasteiger partial charge in [0.1, 0.15) is 0 Å². The molecule has 1 rings (SSSR count). The standard InChI is InChI=1S/C13H25N3O2/c1-11(2)5-14-6-12-7-16(10-15-12)8-13(18-4)9-17-3/h7,10-11,13-14H,5-6,8-9H2,1-4H3. The van der Waals surface area contributed by atoms with Crippen molar-refractivity contribution in [3.8, 4) is 0 Å². The van der Waals surface area contributed by atoms with Crippen LogP contribution in [-0.4, -0.2) is 43.0 Å². The number of rotatable bonds is 9. The van der Waals surface area contributed by atoms with Gasteiger partial charge in [-0.2, -0.15) is 0 Å². The van der Waals surface area contributed by atoms with E-state index < -0.39 is 0 Å². The van der Waals surface area contributed by atoms with Gasteiger partial charge < -0.3 is 19.4 Å². The molecule has 1 unspecified atom stereocenters. The van der Waals surface area contributed by atoms with Crippen molar-refractivity contribution in [3.05, 3.63) is 18.2 Å². The van der Waals surface area contributed by atoms with E-state index in [1.54, 1.807) is 14.2 Å². The van der Waals surface area contributed by atoms with Crippen molar-refractivity contribution in [1.29, 1.82) is 0 Å². The van der Waals surface area contributed by atoms with E-state index in [-0.39, 0.29) is 6.10 Å². The van der Waals surface area contributed by atoms with Crippen LogP contribution in [0.3, 0.4) is 0 Å². The van der Waals surface area contributed by atoms with Crippen LogP contribution < -0.4 is 5.32 Å². The molecule has 104 valence electrons. The van der Waals surface area contributed by atoms with Crippen LogP contribution in [0.25, 0.3) is 0 Å². The van der Waals surface area contributed by atoms with Crippen LogP contribution in [0.4, 0.5) is 0 Å². The summed E-state index contributed by atoms with van der Waals surface area (Å²) in [5.74, 6) is 0.659. The lowest BCUT2D eigenvalue weighted by Crippen LogP contribution is -2.23. The van der Waals surface area contributed by atoms with Crippen LogP contribution in [0, 0.1) is 5.92 Å². The third kappa shape index (κ3) is 5.62. The van der Waals surface area contributed by atoms with Gasteiger partial charge in [-0.25, -0.2) is 4.98 Å². The molecule has 1 aromatic heterocycles. The third-order valence-electron chi connectivity index (χ3n) is 2.65. The lowest BCUT2D eigenvalue weighted by Gasteiger charge is -2.14. The molecule has 0 bridgehead atoms. The smallest absolute Gasteiger partial charge is 0.0983 e. The first-order chi connectivity index (χ1) is 8.65. The second-order valence-corrected chi connectivity index (χ2v) is 4.90. The summed E-state index contributed by atoms with van der Waals surface area (Å²) in [6.45, 7) is 7.57. The fourth-order valence-electron chi connectivity index (χ4n) is 1.70. The van der Waals surface area contributed by atoms with Crippen molar-refractivity contribution >= 4 is 0 Å². The van der Waals surface area contributed by atoms with Gasteiger partial charge in [-0.3, -0.25) is 0 Å². The zero-order valence-corrected chi connectivity index (χ0v) is 11.8. The summed E-state index contributed by atoms with van der Waals surface area (Å²) in [4.78, 5) is 4.36. The van der Waals surface area contributed by atoms with Gasteiger partial charge in [-0.05, 0) is 12.5 Å². The molecule has 0 aromatic carbocycles. The summed E-state index contributed by atoms with van der Waals surface area (Å²) in [6, 6.07) is 0. The molecule has 0 saturated heterocycles. The minimum atomic E-state index is 0.0701. The second kappa shape index (κ2) is 8.24. The minimum Gasteiger partial charge on any atom is -0.382 e. The number of aromatic nitrogens is 2. The Balaban J connectivity index is 2.37. The van der Waals surface area contributed by atoms with E-state index in [9.17, 15) is 0 Å². The second-order valence-electron chi connectivity index (χ2n) is 4.90. The molecule has 0 amide bonds. The highest BCUT2D eigenvalue weighted by molar-refractivity contribution is 4.96. The number of hydrogen-bond donors (Lipinski definition) is 1. The Bertz CT molecular complexity index is 326. The number of imidazole rings is 1. The van der Waals surface area contributed by atoms with Crippen LogP contribution >= 0.6 is 0 Å². The normalized spacial score (nSPS) is 13.2. The van der Waals surface area contributed by atoms with Crippen molar-refractivity contribution < 1.29 is 9.47 Å². The summed E-state index contributed by atoms with van der Waals surface area (Å²) in [5.41, 5.74) is 1.06. The molecule has 1 aromatic rings. The topological polar surface area (TPSA) is 48.3 Å². The van der Waals surface area contributed by atoms with Gasteiger partial charge >= 0.3 is 0 Å². The molecule has 0 aliphatic rings. The Labute approximate surface area is 109 Å². The molecule has 0 aliphatic carbocycles. The number of nitrogens with one attached hydrogen (secondary N) is 1. The molecule has 1 atom stereocenters. The largest absolute Gasteiger partial charge is 0.382 e. The lowest BCUT2D eigenvalue weighted by molar-refractivity contribution is 0.0183. The van der Waals surface area contributed by atoms with Gasteiger partial charge in [0.15, 0.2) is 0 Å². The highest BCUT2D eigenvalue weighted by atomic mass is 16.5. The first kappa shape index (κ1) is 15.1. The van der Waals surface area contributed by atoms with Gasteiger partial charge in [0.05, 0.1) is 31.3 Å². The maximum atomic E-state index is 5.33. The Morgan fingerprint density at radius 3 is 2.78 bits per heavy atom. The quantitative estimate of drug-likeness (QED) is 0.722. The summed E-state index contributed by atoms with van der Waals surface area (Å²) in [6.07, 6.45) is 3.96. The van der Waals surface area contributed by atoms with Crippen molar-refractivity contribution in [2.24, 2.45) is 5.92 Å². The van der Waals surface area contributed by atoms with Gasteiger partial charge in [0.25, 0.3) is 0 Å². The van der Waals surface area contributed by atoms with Crippen LogP contribution in [0.5, 0.6) is 0 Å². The molecule has 1 N–H and O–H groups in total. The maximum Gasteiger partial charge on any atom is 0.0983 e. The molecular weight excluding hydrogens is 230 g/mol. The van der Waals surface area contributed by atoms with Crippen LogP contribution in [-0.2, 0) is 22.6 Å². The average Bonchev–Trinajstić information content (AvgIpc) is 2.76. The van der Waals surface area contributed by atoms with Crippen LogP contribution in [0.1, 0.15) is 19.5 Å². The SMILES string of the molecule is COCC(Cn1cnc(CNCC(C)C)c1)OC. The molecule has 0 radical (unpaired) electrons. The first-order valence-electron chi connectivity index (χ1n) is 6.38. The monoisotopic (exact) mass is 255 g/mol. The zero-order valence-electron chi connectivity index (χ0n) is 11.8. The van der Waals surface area contributed by atoms with Gasteiger partial charge in [-0.1, -0.05) is 13.8 Å². The van der Waals surface area contributed by atoms with Crippen molar-refractivity contribution in [2.45, 2.75) is 33.0 Å². The highest BCUT2D eigenvalue weighted by Gasteiger charge is 2.08. The van der Waals surface area contributed by atoms with Gasteiger partial charge in [0.2, 0.25) is 0 Å². The van der Waals surface area contributed by atoms with Crippen molar-refractivity contribution in [2.75, 3.05) is 27.4 Å². The summed E-state index contributed by atoms with van der Waals surface area (Å²) in [5, 5.41) is 3.38. The van der Waals surface area contributed by atoms with E-state index in [1.807, 2.05) is 10.9 Å². The average molecular weight is 255 g/mol. The van der Waals surface area contributed by atoms with E-state index in [0.29, 0.717) is 12.5 Å². The summed E-state index contributed by atoms with van der Waals surface area (Å²) < 4.78 is 12.5. The zero-order chi connectivity index (χ0) is 13.4. The van der Waals surface area contributed by atoms with Crippen molar-refractivity contribution in [3.63, 3.8) is 0 Å². The van der Waals surface area contributed by atoms with E-state index >= 15 is 0 Å². The number of methoxy groups -OCH3 is 2. The first-order valence-corrected chi connectivity index (χ1v) is 6.38. The predicted octanol–water partition coefficient (Wildman–Crippen LogP) is 1.29. The Morgan fingerprint density at radius 2 is 2.17 bits per heavy atom. The number of hydrogen-bond acceptors (Lipinski definition) is 4. The molecule has 18 heavy (non-hydrogen) atoms. The van der Waals surface area contributed by atoms with E-state index in [4.69, 9.17) is 9.47 Å². The van der Waals surface area contributed by atoms with Crippen LogP contribution in [0.2, 0.25) is 0 Å². The molecule has 0 aliphatic heterocycles. The van der Waals surface area contributed by atoms with Gasteiger partial charge in [-0.15, -0.1) is 0 Å². The number of nitrogens with zero attached hydrogens (tertiary/aromatic N) is 2. The lowest BCUT2D eigenvalue weighted by atomic mass is 10.2. The Kier molecular flexibility index (Phi) is 6.93.